The summed E-state index contributed by atoms with van der Waals surface area (Å²) in [7, 11) is 1.36. The zero-order valence-corrected chi connectivity index (χ0v) is 12.2. The lowest BCUT2D eigenvalue weighted by molar-refractivity contribution is -0.767. The van der Waals surface area contributed by atoms with Crippen molar-refractivity contribution in [2.24, 2.45) is 5.73 Å². The van der Waals surface area contributed by atoms with Crippen molar-refractivity contribution < 1.29 is 18.9 Å². The number of carbonyl (C=O) groups excluding carboxylic acids is 3. The average molecular weight is 297 g/mol. The molecule has 2 atom stereocenters. The van der Waals surface area contributed by atoms with Gasteiger partial charge in [0.25, 0.3) is 0 Å². The molecule has 3 amide bonds. The molecule has 0 aromatic heterocycles. The molecule has 0 saturated carbocycles. The fourth-order valence-electron chi connectivity index (χ4n) is 2.36. The number of quaternary nitrogens is 1. The number of hydrogen-bond donors (Lipinski definition) is 1. The van der Waals surface area contributed by atoms with E-state index in [0.717, 1.165) is 0 Å². The summed E-state index contributed by atoms with van der Waals surface area (Å²) < 4.78 is -0.836. The van der Waals surface area contributed by atoms with E-state index in [1.807, 2.05) is 0 Å². The van der Waals surface area contributed by atoms with Crippen LogP contribution in [0.2, 0.25) is 0 Å². The maximum Gasteiger partial charge on any atom is 0.422 e. The van der Waals surface area contributed by atoms with E-state index in [2.05, 4.69) is 0 Å². The van der Waals surface area contributed by atoms with Crippen molar-refractivity contribution in [2.75, 3.05) is 7.05 Å². The number of hydrogen-bond acceptors (Lipinski definition) is 3. The normalized spacial score (nSPS) is 14.6. The molecule has 2 rings (SSSR count). The number of urea groups is 1. The van der Waals surface area contributed by atoms with Gasteiger partial charge in [0, 0.05) is 5.56 Å². The Hall–Kier alpha value is -2.79. The molecule has 0 saturated heterocycles. The van der Waals surface area contributed by atoms with Gasteiger partial charge in [0.15, 0.2) is 12.3 Å². The molecular weight excluding hydrogens is 280 g/mol. The lowest BCUT2D eigenvalue weighted by Crippen LogP contribution is -2.59. The van der Waals surface area contributed by atoms with Crippen LogP contribution in [0.3, 0.4) is 0 Å². The highest BCUT2D eigenvalue weighted by atomic mass is 16.2. The number of imide groups is 1. The Balaban J connectivity index is 2.54. The summed E-state index contributed by atoms with van der Waals surface area (Å²) in [6, 6.07) is 15.1. The summed E-state index contributed by atoms with van der Waals surface area (Å²) >= 11 is 0. The van der Waals surface area contributed by atoms with Crippen molar-refractivity contribution >= 4 is 18.2 Å². The van der Waals surface area contributed by atoms with E-state index in [1.165, 1.54) is 7.05 Å². The van der Waals surface area contributed by atoms with Crippen LogP contribution in [0.5, 0.6) is 0 Å². The van der Waals surface area contributed by atoms with Crippen LogP contribution in [0.4, 0.5) is 4.79 Å². The van der Waals surface area contributed by atoms with Crippen molar-refractivity contribution in [3.8, 4) is 0 Å². The third kappa shape index (κ3) is 2.66. The van der Waals surface area contributed by atoms with Crippen molar-refractivity contribution in [1.82, 2.24) is 0 Å². The fraction of sp³-hybridized carbons (Fsp3) is 0.118. The number of likely N-dealkylation sites (N-methyl/N-ethyl adjacent to an activating group) is 1. The van der Waals surface area contributed by atoms with E-state index in [1.54, 1.807) is 60.7 Å². The molecule has 0 heterocycles. The number of carbonyl (C=O) groups is 3. The number of primary amides is 1. The first-order chi connectivity index (χ1) is 10.5. The Morgan fingerprint density at radius 1 is 1.00 bits per heavy atom. The molecule has 5 heteroatoms. The predicted octanol–water partition coefficient (Wildman–Crippen LogP) is 2.29. The van der Waals surface area contributed by atoms with Gasteiger partial charge in [-0.25, -0.2) is 9.59 Å². The summed E-state index contributed by atoms with van der Waals surface area (Å²) in [5, 5.41) is 0. The summed E-state index contributed by atoms with van der Waals surface area (Å²) in [6.45, 7) is 0. The summed E-state index contributed by atoms with van der Waals surface area (Å²) in [5.74, 6) is -0.519. The quantitative estimate of drug-likeness (QED) is 0.694. The zero-order valence-electron chi connectivity index (χ0n) is 12.2. The maximum atomic E-state index is 12.8. The molecule has 2 unspecified atom stereocenters. The van der Waals surface area contributed by atoms with Gasteiger partial charge in [-0.2, -0.15) is 4.48 Å². The van der Waals surface area contributed by atoms with Gasteiger partial charge in [-0.1, -0.05) is 48.5 Å². The number of benzene rings is 2. The van der Waals surface area contributed by atoms with Gasteiger partial charge in [0.2, 0.25) is 0 Å². The fourth-order valence-corrected chi connectivity index (χ4v) is 2.36. The topological polar surface area (TPSA) is 77.2 Å². The molecule has 0 radical (unpaired) electrons. The predicted molar refractivity (Wildman–Crippen MR) is 81.8 cm³/mol. The van der Waals surface area contributed by atoms with Crippen LogP contribution < -0.4 is 5.73 Å². The molecule has 0 bridgehead atoms. The van der Waals surface area contributed by atoms with E-state index < -0.39 is 22.5 Å². The molecule has 2 aromatic carbocycles. The highest BCUT2D eigenvalue weighted by Gasteiger charge is 2.47. The van der Waals surface area contributed by atoms with Gasteiger partial charge in [-0.05, 0) is 12.1 Å². The molecular formula is C17H17N2O3+. The second kappa shape index (κ2) is 6.32. The summed E-state index contributed by atoms with van der Waals surface area (Å²) in [4.78, 5) is 36.4. The van der Waals surface area contributed by atoms with Crippen molar-refractivity contribution in [2.45, 2.75) is 6.04 Å². The van der Waals surface area contributed by atoms with Crippen LogP contribution in [0.25, 0.3) is 0 Å². The van der Waals surface area contributed by atoms with E-state index in [0.29, 0.717) is 17.4 Å². The second-order valence-corrected chi connectivity index (χ2v) is 5.08. The van der Waals surface area contributed by atoms with Crippen LogP contribution in [0.15, 0.2) is 60.7 Å². The van der Waals surface area contributed by atoms with E-state index in [4.69, 9.17) is 5.73 Å². The third-order valence-corrected chi connectivity index (χ3v) is 3.73. The lowest BCUT2D eigenvalue weighted by Gasteiger charge is -2.32. The molecule has 2 aromatic rings. The minimum Gasteiger partial charge on any atom is -0.318 e. The van der Waals surface area contributed by atoms with Crippen LogP contribution >= 0.6 is 0 Å². The van der Waals surface area contributed by atoms with Gasteiger partial charge in [-0.3, -0.25) is 4.79 Å². The van der Waals surface area contributed by atoms with Crippen LogP contribution in [0, 0.1) is 0 Å². The first-order valence-electron chi connectivity index (χ1n) is 6.78. The molecule has 5 nitrogen and oxygen atoms in total. The van der Waals surface area contributed by atoms with Crippen molar-refractivity contribution in [3.63, 3.8) is 0 Å². The largest absolute Gasteiger partial charge is 0.422 e. The Morgan fingerprint density at radius 2 is 1.50 bits per heavy atom. The minimum absolute atomic E-state index is 0.326. The Bertz CT molecular complexity index is 686. The second-order valence-electron chi connectivity index (χ2n) is 5.08. The van der Waals surface area contributed by atoms with Crippen LogP contribution in [-0.4, -0.2) is 29.8 Å². The molecule has 0 aliphatic rings. The first kappa shape index (κ1) is 15.6. The molecule has 22 heavy (non-hydrogen) atoms. The van der Waals surface area contributed by atoms with E-state index >= 15 is 0 Å². The monoisotopic (exact) mass is 297 g/mol. The maximum absolute atomic E-state index is 12.8. The highest BCUT2D eigenvalue weighted by Crippen LogP contribution is 2.27. The number of aldehydes is 1. The van der Waals surface area contributed by atoms with Gasteiger partial charge >= 0.3 is 11.9 Å². The van der Waals surface area contributed by atoms with E-state index in [-0.39, 0.29) is 0 Å². The van der Waals surface area contributed by atoms with Gasteiger partial charge in [-0.15, -0.1) is 0 Å². The highest BCUT2D eigenvalue weighted by molar-refractivity contribution is 5.96. The number of amides is 3. The van der Waals surface area contributed by atoms with Crippen molar-refractivity contribution in [1.29, 1.82) is 0 Å². The van der Waals surface area contributed by atoms with Crippen LogP contribution in [0.1, 0.15) is 22.0 Å². The van der Waals surface area contributed by atoms with Crippen LogP contribution in [-0.2, 0) is 4.79 Å². The molecule has 0 spiro atoms. The Labute approximate surface area is 128 Å². The number of nitrogens with zero attached hydrogens (tertiary/aromatic N) is 1. The first-order valence-corrected chi connectivity index (χ1v) is 6.78. The SMILES string of the molecule is C[N+](C(N)=O)(C(=O)c1ccccc1)C(C=O)c1ccccc1. The lowest BCUT2D eigenvalue weighted by atomic mass is 10.0. The van der Waals surface area contributed by atoms with Gasteiger partial charge < -0.3 is 5.73 Å². The standard InChI is InChI=1S/C17H16N2O3/c1-19(17(18)22,16(21)14-10-6-3-7-11-14)15(12-20)13-8-4-2-5-9-13/h2-12,15H,1H3,(H-,18,22)/p+1. The Kier molecular flexibility index (Phi) is 4.48. The molecule has 112 valence electrons. The number of rotatable bonds is 4. The molecule has 2 N–H and O–H groups in total. The Morgan fingerprint density at radius 3 is 1.95 bits per heavy atom. The molecule has 0 aliphatic heterocycles. The zero-order chi connectivity index (χ0) is 16.2. The van der Waals surface area contributed by atoms with E-state index in [9.17, 15) is 14.4 Å². The molecule has 0 fully saturated rings. The smallest absolute Gasteiger partial charge is 0.318 e. The third-order valence-electron chi connectivity index (χ3n) is 3.73. The van der Waals surface area contributed by atoms with Gasteiger partial charge in [0.05, 0.1) is 12.6 Å². The summed E-state index contributed by atoms with van der Waals surface area (Å²) in [5.41, 5.74) is 6.36. The molecule has 0 aliphatic carbocycles. The average Bonchev–Trinajstić information content (AvgIpc) is 2.56. The minimum atomic E-state index is -0.994. The number of nitrogens with two attached hydrogens (primary N) is 1. The van der Waals surface area contributed by atoms with Crippen molar-refractivity contribution in [3.05, 3.63) is 71.8 Å². The van der Waals surface area contributed by atoms with Gasteiger partial charge in [0.1, 0.15) is 0 Å². The summed E-state index contributed by atoms with van der Waals surface area (Å²) in [6.07, 6.45) is 0.584.